The van der Waals surface area contributed by atoms with Crippen molar-refractivity contribution < 1.29 is 9.59 Å². The molecule has 1 aromatic heterocycles. The lowest BCUT2D eigenvalue weighted by Crippen LogP contribution is -2.16. The lowest BCUT2D eigenvalue weighted by molar-refractivity contribution is -0.117. The molecule has 2 N–H and O–H groups in total. The van der Waals surface area contributed by atoms with Gasteiger partial charge in [0.25, 0.3) is 0 Å². The first-order chi connectivity index (χ1) is 9.99. The summed E-state index contributed by atoms with van der Waals surface area (Å²) in [5, 5.41) is 0. The first-order valence-electron chi connectivity index (χ1n) is 6.89. The van der Waals surface area contributed by atoms with Crippen LogP contribution in [-0.4, -0.2) is 16.7 Å². The molecule has 0 aliphatic rings. The van der Waals surface area contributed by atoms with E-state index in [2.05, 4.69) is 11.9 Å². The van der Waals surface area contributed by atoms with E-state index in [1.807, 2.05) is 31.2 Å². The van der Waals surface area contributed by atoms with Crippen LogP contribution in [0.5, 0.6) is 0 Å². The largest absolute Gasteiger partial charge is 0.369 e. The van der Waals surface area contributed by atoms with Crippen LogP contribution in [0.2, 0.25) is 0 Å². The monoisotopic (exact) mass is 282 g/mol. The molecule has 0 aliphatic heterocycles. The highest BCUT2D eigenvalue weighted by atomic mass is 16.2. The number of Topliss-reactive ketones (excluding diaryl/α,β-unsaturated/α-hetero) is 1. The number of nitrogens with zero attached hydrogens (tertiary/aromatic N) is 1. The van der Waals surface area contributed by atoms with E-state index in [4.69, 9.17) is 5.73 Å². The molecule has 0 bridgehead atoms. The third kappa shape index (κ3) is 3.75. The van der Waals surface area contributed by atoms with Gasteiger partial charge in [-0.1, -0.05) is 25.1 Å². The molecule has 0 radical (unpaired) electrons. The minimum absolute atomic E-state index is 0.258. The van der Waals surface area contributed by atoms with Crippen LogP contribution < -0.4 is 5.73 Å². The zero-order chi connectivity index (χ0) is 15.4. The molecule has 4 nitrogen and oxygen atoms in total. The number of benzene rings is 1. The Morgan fingerprint density at radius 1 is 1.14 bits per heavy atom. The number of pyridine rings is 1. The van der Waals surface area contributed by atoms with Crippen molar-refractivity contribution in [2.45, 2.75) is 26.7 Å². The Labute approximate surface area is 124 Å². The van der Waals surface area contributed by atoms with Gasteiger partial charge in [-0.15, -0.1) is 0 Å². The van der Waals surface area contributed by atoms with Gasteiger partial charge in [0.15, 0.2) is 5.78 Å². The number of nitrogens with two attached hydrogens (primary N) is 1. The van der Waals surface area contributed by atoms with Gasteiger partial charge in [0.05, 0.1) is 6.42 Å². The SMILES string of the molecule is CCc1cc(-c2cccc(C(=O)CC(N)=O)c2)cc(C)n1. The first kappa shape index (κ1) is 14.9. The minimum Gasteiger partial charge on any atom is -0.369 e. The third-order valence-corrected chi connectivity index (χ3v) is 3.22. The third-order valence-electron chi connectivity index (χ3n) is 3.22. The van der Waals surface area contributed by atoms with Crippen molar-refractivity contribution in [1.82, 2.24) is 4.98 Å². The fourth-order valence-electron chi connectivity index (χ4n) is 2.22. The Hall–Kier alpha value is -2.49. The van der Waals surface area contributed by atoms with Crippen molar-refractivity contribution in [3.8, 4) is 11.1 Å². The summed E-state index contributed by atoms with van der Waals surface area (Å²) in [6, 6.07) is 11.2. The van der Waals surface area contributed by atoms with Crippen LogP contribution in [0.4, 0.5) is 0 Å². The van der Waals surface area contributed by atoms with Crippen molar-refractivity contribution in [3.63, 3.8) is 0 Å². The van der Waals surface area contributed by atoms with E-state index in [-0.39, 0.29) is 12.2 Å². The minimum atomic E-state index is -0.613. The molecule has 0 fully saturated rings. The Kier molecular flexibility index (Phi) is 4.48. The van der Waals surface area contributed by atoms with Gasteiger partial charge in [0.1, 0.15) is 0 Å². The fraction of sp³-hybridized carbons (Fsp3) is 0.235. The predicted molar refractivity (Wildman–Crippen MR) is 81.9 cm³/mol. The van der Waals surface area contributed by atoms with Crippen LogP contribution in [-0.2, 0) is 11.2 Å². The van der Waals surface area contributed by atoms with Gasteiger partial charge in [0.2, 0.25) is 5.91 Å². The van der Waals surface area contributed by atoms with Crippen LogP contribution in [0.3, 0.4) is 0 Å². The van der Waals surface area contributed by atoms with Crippen molar-refractivity contribution in [2.24, 2.45) is 5.73 Å². The van der Waals surface area contributed by atoms with E-state index in [1.54, 1.807) is 12.1 Å². The molecule has 0 spiro atoms. The average Bonchev–Trinajstić information content (AvgIpc) is 2.46. The molecule has 21 heavy (non-hydrogen) atoms. The van der Waals surface area contributed by atoms with Crippen molar-refractivity contribution >= 4 is 11.7 Å². The lowest BCUT2D eigenvalue weighted by atomic mass is 9.99. The molecule has 0 saturated heterocycles. The second-order valence-corrected chi connectivity index (χ2v) is 4.99. The van der Waals surface area contributed by atoms with Gasteiger partial charge < -0.3 is 5.73 Å². The van der Waals surface area contributed by atoms with Gasteiger partial charge in [-0.2, -0.15) is 0 Å². The van der Waals surface area contributed by atoms with Crippen LogP contribution in [0.15, 0.2) is 36.4 Å². The zero-order valence-electron chi connectivity index (χ0n) is 12.2. The molecule has 2 aromatic rings. The van der Waals surface area contributed by atoms with Gasteiger partial charge in [-0.05, 0) is 42.7 Å². The molecule has 108 valence electrons. The van der Waals surface area contributed by atoms with E-state index in [1.165, 1.54) is 0 Å². The summed E-state index contributed by atoms with van der Waals surface area (Å²) in [5.74, 6) is -0.871. The molecule has 1 aromatic carbocycles. The maximum Gasteiger partial charge on any atom is 0.225 e. The summed E-state index contributed by atoms with van der Waals surface area (Å²) in [7, 11) is 0. The molecule has 4 heteroatoms. The summed E-state index contributed by atoms with van der Waals surface area (Å²) < 4.78 is 0. The molecule has 0 saturated carbocycles. The topological polar surface area (TPSA) is 73.1 Å². The van der Waals surface area contributed by atoms with E-state index in [9.17, 15) is 9.59 Å². The fourth-order valence-corrected chi connectivity index (χ4v) is 2.22. The van der Waals surface area contributed by atoms with Gasteiger partial charge in [-0.3, -0.25) is 14.6 Å². The first-order valence-corrected chi connectivity index (χ1v) is 6.89. The number of primary amides is 1. The molecule has 1 heterocycles. The number of amides is 1. The van der Waals surface area contributed by atoms with Gasteiger partial charge in [-0.25, -0.2) is 0 Å². The molecular weight excluding hydrogens is 264 g/mol. The maximum atomic E-state index is 11.9. The van der Waals surface area contributed by atoms with E-state index in [0.29, 0.717) is 5.56 Å². The Morgan fingerprint density at radius 2 is 1.90 bits per heavy atom. The predicted octanol–water partition coefficient (Wildman–Crippen LogP) is 2.68. The summed E-state index contributed by atoms with van der Waals surface area (Å²) >= 11 is 0. The second-order valence-electron chi connectivity index (χ2n) is 4.99. The number of hydrogen-bond acceptors (Lipinski definition) is 3. The number of aromatic nitrogens is 1. The van der Waals surface area contributed by atoms with Crippen molar-refractivity contribution in [2.75, 3.05) is 0 Å². The van der Waals surface area contributed by atoms with Crippen LogP contribution >= 0.6 is 0 Å². The average molecular weight is 282 g/mol. The normalized spacial score (nSPS) is 10.4. The van der Waals surface area contributed by atoms with Crippen LogP contribution in [0.1, 0.15) is 35.1 Å². The van der Waals surface area contributed by atoms with Crippen molar-refractivity contribution in [3.05, 3.63) is 53.3 Å². The quantitative estimate of drug-likeness (QED) is 0.677. The summed E-state index contributed by atoms with van der Waals surface area (Å²) in [6.07, 6.45) is 0.591. The lowest BCUT2D eigenvalue weighted by Gasteiger charge is -2.07. The Morgan fingerprint density at radius 3 is 2.57 bits per heavy atom. The summed E-state index contributed by atoms with van der Waals surface area (Å²) in [4.78, 5) is 27.2. The van der Waals surface area contributed by atoms with Crippen LogP contribution in [0.25, 0.3) is 11.1 Å². The maximum absolute atomic E-state index is 11.9. The van der Waals surface area contributed by atoms with Crippen molar-refractivity contribution in [1.29, 1.82) is 0 Å². The summed E-state index contributed by atoms with van der Waals surface area (Å²) in [6.45, 7) is 4.00. The standard InChI is InChI=1S/C17H18N2O2/c1-3-15-9-14(7-11(2)19-15)12-5-4-6-13(8-12)16(20)10-17(18)21/h4-9H,3,10H2,1-2H3,(H2,18,21). The number of hydrogen-bond donors (Lipinski definition) is 1. The van der Waals surface area contributed by atoms with E-state index in [0.717, 1.165) is 28.9 Å². The number of carbonyl (C=O) groups is 2. The highest BCUT2D eigenvalue weighted by Gasteiger charge is 2.10. The number of carbonyl (C=O) groups excluding carboxylic acids is 2. The number of ketones is 1. The Bertz CT molecular complexity index is 693. The summed E-state index contributed by atoms with van der Waals surface area (Å²) in [5.41, 5.74) is 9.48. The highest BCUT2D eigenvalue weighted by Crippen LogP contribution is 2.22. The van der Waals surface area contributed by atoms with Gasteiger partial charge >= 0.3 is 0 Å². The zero-order valence-corrected chi connectivity index (χ0v) is 12.2. The highest BCUT2D eigenvalue weighted by molar-refractivity contribution is 6.07. The molecule has 0 unspecified atom stereocenters. The molecule has 0 atom stereocenters. The number of rotatable bonds is 5. The number of aryl methyl sites for hydroxylation is 2. The smallest absolute Gasteiger partial charge is 0.225 e. The van der Waals surface area contributed by atoms with E-state index >= 15 is 0 Å². The molecule has 0 aliphatic carbocycles. The van der Waals surface area contributed by atoms with Crippen LogP contribution in [0, 0.1) is 6.92 Å². The molecule has 2 rings (SSSR count). The van der Waals surface area contributed by atoms with Gasteiger partial charge in [0, 0.05) is 17.0 Å². The second kappa shape index (κ2) is 6.31. The molecular formula is C17H18N2O2. The van der Waals surface area contributed by atoms with E-state index < -0.39 is 5.91 Å². The Balaban J connectivity index is 2.39. The molecule has 1 amide bonds.